The van der Waals surface area contributed by atoms with Gasteiger partial charge in [-0.1, -0.05) is 12.1 Å². The summed E-state index contributed by atoms with van der Waals surface area (Å²) in [6.07, 6.45) is 0. The minimum atomic E-state index is -0.216. The maximum atomic E-state index is 12.9. The summed E-state index contributed by atoms with van der Waals surface area (Å²) in [4.78, 5) is 30.1. The van der Waals surface area contributed by atoms with E-state index < -0.39 is 0 Å². The van der Waals surface area contributed by atoms with Gasteiger partial charge in [-0.2, -0.15) is 0 Å². The zero-order valence-corrected chi connectivity index (χ0v) is 19.0. The fraction of sp³-hybridized carbons (Fsp3) is 0.348. The van der Waals surface area contributed by atoms with Gasteiger partial charge in [0, 0.05) is 12.1 Å². The first kappa shape index (κ1) is 22.7. The summed E-state index contributed by atoms with van der Waals surface area (Å²) in [7, 11) is 1.61. The van der Waals surface area contributed by atoms with Crippen molar-refractivity contribution < 1.29 is 14.4 Å². The first-order valence-electron chi connectivity index (χ1n) is 10.5. The second-order valence-electron chi connectivity index (χ2n) is 7.39. The topological polar surface area (TPSA) is 80.6 Å². The zero-order valence-electron chi connectivity index (χ0n) is 18.2. The molecule has 3 aromatic rings. The van der Waals surface area contributed by atoms with Crippen LogP contribution in [0, 0.1) is 4.77 Å². The van der Waals surface area contributed by atoms with E-state index in [4.69, 9.17) is 17.0 Å². The number of rotatable bonds is 9. The molecule has 0 aliphatic heterocycles. The molecule has 0 bridgehead atoms. The highest BCUT2D eigenvalue weighted by atomic mass is 32.1. The molecule has 0 spiro atoms. The second kappa shape index (κ2) is 10.4. The van der Waals surface area contributed by atoms with Gasteiger partial charge < -0.3 is 19.9 Å². The molecule has 0 radical (unpaired) electrons. The van der Waals surface area contributed by atoms with Crippen LogP contribution >= 0.6 is 12.2 Å². The standard InChI is InChI=1S/C23H28N4O3S/c1-4-26(5-2)12-13-27-22(29)19-11-8-17(14-20(19)25-23(27)31)21(28)24-15-16-6-9-18(30-3)10-7-16/h6-11,14H,4-5,12-13,15H2,1-3H3,(H,24,28)(H,25,31)/p+1. The van der Waals surface area contributed by atoms with E-state index in [0.717, 1.165) is 30.9 Å². The Morgan fingerprint density at radius 2 is 1.87 bits per heavy atom. The summed E-state index contributed by atoms with van der Waals surface area (Å²) < 4.78 is 7.12. The van der Waals surface area contributed by atoms with Gasteiger partial charge in [0.15, 0.2) is 4.77 Å². The van der Waals surface area contributed by atoms with E-state index in [-0.39, 0.29) is 11.5 Å². The van der Waals surface area contributed by atoms with Crippen LogP contribution in [0.5, 0.6) is 5.75 Å². The van der Waals surface area contributed by atoms with Gasteiger partial charge in [0.05, 0.1) is 44.2 Å². The van der Waals surface area contributed by atoms with Crippen LogP contribution in [0.1, 0.15) is 29.8 Å². The van der Waals surface area contributed by atoms with Crippen molar-refractivity contribution in [1.82, 2.24) is 14.9 Å². The largest absolute Gasteiger partial charge is 0.497 e. The second-order valence-corrected chi connectivity index (χ2v) is 7.77. The van der Waals surface area contributed by atoms with Gasteiger partial charge in [0.1, 0.15) is 5.75 Å². The van der Waals surface area contributed by atoms with Crippen LogP contribution in [0.2, 0.25) is 0 Å². The summed E-state index contributed by atoms with van der Waals surface area (Å²) >= 11 is 5.42. The van der Waals surface area contributed by atoms with E-state index in [9.17, 15) is 9.59 Å². The molecule has 1 heterocycles. The van der Waals surface area contributed by atoms with Crippen LogP contribution in [0.15, 0.2) is 47.3 Å². The van der Waals surface area contributed by atoms with Crippen LogP contribution < -0.4 is 20.5 Å². The molecule has 1 amide bonds. The Kier molecular flexibility index (Phi) is 7.59. The lowest BCUT2D eigenvalue weighted by atomic mass is 10.1. The number of H-pyrrole nitrogens is 1. The van der Waals surface area contributed by atoms with E-state index in [1.807, 2.05) is 24.3 Å². The molecule has 0 aliphatic carbocycles. The summed E-state index contributed by atoms with van der Waals surface area (Å²) in [5, 5.41) is 3.42. The number of carbonyl (C=O) groups is 1. The van der Waals surface area contributed by atoms with Crippen molar-refractivity contribution in [2.24, 2.45) is 0 Å². The first-order valence-corrected chi connectivity index (χ1v) is 10.9. The Bertz CT molecular complexity index is 1160. The monoisotopic (exact) mass is 441 g/mol. The number of aromatic amines is 1. The van der Waals surface area contributed by atoms with Crippen molar-refractivity contribution in [2.45, 2.75) is 26.9 Å². The number of nitrogens with zero attached hydrogens (tertiary/aromatic N) is 1. The van der Waals surface area contributed by atoms with Crippen LogP contribution in [0.4, 0.5) is 0 Å². The summed E-state index contributed by atoms with van der Waals surface area (Å²) in [6, 6.07) is 12.5. The summed E-state index contributed by atoms with van der Waals surface area (Å²) in [5.74, 6) is 0.551. The van der Waals surface area contributed by atoms with E-state index >= 15 is 0 Å². The quantitative estimate of drug-likeness (QED) is 0.443. The van der Waals surface area contributed by atoms with E-state index in [0.29, 0.717) is 34.3 Å². The van der Waals surface area contributed by atoms with Crippen molar-refractivity contribution in [2.75, 3.05) is 26.7 Å². The highest BCUT2D eigenvalue weighted by Gasteiger charge is 2.12. The number of ether oxygens (including phenoxy) is 1. The van der Waals surface area contributed by atoms with Gasteiger partial charge in [-0.15, -0.1) is 0 Å². The Balaban J connectivity index is 1.77. The molecule has 1 aromatic heterocycles. The minimum absolute atomic E-state index is 0.129. The number of benzene rings is 2. The number of methoxy groups -OCH3 is 1. The lowest BCUT2D eigenvalue weighted by molar-refractivity contribution is -0.897. The number of aromatic nitrogens is 2. The Morgan fingerprint density at radius 1 is 1.16 bits per heavy atom. The van der Waals surface area contributed by atoms with Crippen molar-refractivity contribution in [3.05, 3.63) is 68.7 Å². The minimum Gasteiger partial charge on any atom is -0.497 e. The van der Waals surface area contributed by atoms with Crippen LogP contribution in [-0.4, -0.2) is 42.2 Å². The fourth-order valence-electron chi connectivity index (χ4n) is 3.50. The number of carbonyl (C=O) groups excluding carboxylic acids is 1. The predicted molar refractivity (Wildman–Crippen MR) is 124 cm³/mol. The molecule has 164 valence electrons. The summed E-state index contributed by atoms with van der Waals surface area (Å²) in [6.45, 7) is 8.06. The average Bonchev–Trinajstić information content (AvgIpc) is 2.79. The average molecular weight is 442 g/mol. The van der Waals surface area contributed by atoms with Gasteiger partial charge in [-0.05, 0) is 62.0 Å². The van der Waals surface area contributed by atoms with Crippen molar-refractivity contribution >= 4 is 29.0 Å². The van der Waals surface area contributed by atoms with Crippen molar-refractivity contribution in [3.8, 4) is 5.75 Å². The molecule has 31 heavy (non-hydrogen) atoms. The molecular weight excluding hydrogens is 412 g/mol. The molecular formula is C23H29N4O3S+. The van der Waals surface area contributed by atoms with Crippen LogP contribution in [0.25, 0.3) is 10.9 Å². The SMILES string of the molecule is CC[NH+](CC)CCn1c(=S)[nH]c2cc(C(=O)NCc3ccc(OC)cc3)ccc2c1=O. The summed E-state index contributed by atoms with van der Waals surface area (Å²) in [5.41, 5.74) is 1.87. The van der Waals surface area contributed by atoms with Gasteiger partial charge in [0.2, 0.25) is 0 Å². The third kappa shape index (κ3) is 5.39. The normalized spacial score (nSPS) is 11.1. The number of amides is 1. The number of hydrogen-bond donors (Lipinski definition) is 3. The highest BCUT2D eigenvalue weighted by molar-refractivity contribution is 7.71. The molecule has 0 atom stereocenters. The molecule has 0 fully saturated rings. The number of nitrogens with one attached hydrogen (secondary N) is 3. The smallest absolute Gasteiger partial charge is 0.262 e. The van der Waals surface area contributed by atoms with E-state index in [1.54, 1.807) is 29.9 Å². The third-order valence-electron chi connectivity index (χ3n) is 5.55. The predicted octanol–water partition coefficient (Wildman–Crippen LogP) is 1.92. The first-order chi connectivity index (χ1) is 15.0. The lowest BCUT2D eigenvalue weighted by Gasteiger charge is -2.16. The molecule has 7 nitrogen and oxygen atoms in total. The Hall–Kier alpha value is -2.97. The molecule has 3 rings (SSSR count). The molecule has 0 aliphatic rings. The molecule has 0 saturated carbocycles. The van der Waals surface area contributed by atoms with E-state index in [1.165, 1.54) is 4.90 Å². The third-order valence-corrected chi connectivity index (χ3v) is 5.87. The molecule has 8 heteroatoms. The zero-order chi connectivity index (χ0) is 22.4. The van der Waals surface area contributed by atoms with Gasteiger partial charge in [-0.3, -0.25) is 14.2 Å². The van der Waals surface area contributed by atoms with Gasteiger partial charge in [0.25, 0.3) is 11.5 Å². The number of quaternary nitrogens is 1. The molecule has 2 aromatic carbocycles. The van der Waals surface area contributed by atoms with Crippen molar-refractivity contribution in [1.29, 1.82) is 0 Å². The number of hydrogen-bond acceptors (Lipinski definition) is 4. The number of likely N-dealkylation sites (N-methyl/N-ethyl adjacent to an activating group) is 1. The van der Waals surface area contributed by atoms with Crippen LogP contribution in [0.3, 0.4) is 0 Å². The van der Waals surface area contributed by atoms with E-state index in [2.05, 4.69) is 24.1 Å². The maximum Gasteiger partial charge on any atom is 0.262 e. The maximum absolute atomic E-state index is 12.9. The fourth-order valence-corrected chi connectivity index (χ4v) is 3.78. The molecule has 3 N–H and O–H groups in total. The van der Waals surface area contributed by atoms with Gasteiger partial charge >= 0.3 is 0 Å². The molecule has 0 saturated heterocycles. The molecule has 0 unspecified atom stereocenters. The Morgan fingerprint density at radius 3 is 2.52 bits per heavy atom. The van der Waals surface area contributed by atoms with Crippen LogP contribution in [-0.2, 0) is 13.1 Å². The highest BCUT2D eigenvalue weighted by Crippen LogP contribution is 2.13. The number of fused-ring (bicyclic) bond motifs is 1. The van der Waals surface area contributed by atoms with Crippen molar-refractivity contribution in [3.63, 3.8) is 0 Å². The Labute approximate surface area is 186 Å². The van der Waals surface area contributed by atoms with Gasteiger partial charge in [-0.25, -0.2) is 0 Å². The lowest BCUT2D eigenvalue weighted by Crippen LogP contribution is -3.11.